The number of hydrogen-bond donors (Lipinski definition) is 1. The van der Waals surface area contributed by atoms with Gasteiger partial charge in [0.15, 0.2) is 0 Å². The Bertz CT molecular complexity index is 1160. The predicted octanol–water partition coefficient (Wildman–Crippen LogP) is 5.26. The zero-order valence-electron chi connectivity index (χ0n) is 14.6. The summed E-state index contributed by atoms with van der Waals surface area (Å²) in [5.41, 5.74) is 4.84. The Hall–Kier alpha value is -3.40. The van der Waals surface area contributed by atoms with Crippen LogP contribution in [0.5, 0.6) is 0 Å². The molecule has 5 rings (SSSR count). The van der Waals surface area contributed by atoms with Crippen LogP contribution in [0.4, 0.5) is 4.39 Å². The highest BCUT2D eigenvalue weighted by atomic mass is 19.1. The van der Waals surface area contributed by atoms with Gasteiger partial charge in [0.05, 0.1) is 6.54 Å². The summed E-state index contributed by atoms with van der Waals surface area (Å²) in [5, 5.41) is 4.34. The first-order chi connectivity index (χ1) is 13.3. The molecule has 1 N–H and O–H groups in total. The van der Waals surface area contributed by atoms with E-state index in [9.17, 15) is 4.39 Å². The first-order valence-electron chi connectivity index (χ1n) is 8.96. The molecule has 2 heterocycles. The number of fused-ring (bicyclic) bond motifs is 1. The van der Waals surface area contributed by atoms with Crippen molar-refractivity contribution in [1.82, 2.24) is 5.32 Å². The minimum Gasteiger partial charge on any atom is -0.456 e. The Balaban J connectivity index is 1.67. The van der Waals surface area contributed by atoms with Crippen LogP contribution >= 0.6 is 0 Å². The molecule has 3 aromatic carbocycles. The van der Waals surface area contributed by atoms with E-state index in [1.165, 1.54) is 12.1 Å². The average molecular weight is 356 g/mol. The molecule has 4 heteroatoms. The van der Waals surface area contributed by atoms with Crippen molar-refractivity contribution < 1.29 is 8.81 Å². The summed E-state index contributed by atoms with van der Waals surface area (Å²) >= 11 is 0. The molecule has 0 saturated heterocycles. The molecule has 0 amide bonds. The lowest BCUT2D eigenvalue weighted by Crippen LogP contribution is -2.20. The summed E-state index contributed by atoms with van der Waals surface area (Å²) in [4.78, 5) is 4.55. The van der Waals surface area contributed by atoms with Gasteiger partial charge in [-0.2, -0.15) is 0 Å². The highest BCUT2D eigenvalue weighted by Gasteiger charge is 2.17. The SMILES string of the molecule is Fc1ccc(-c2cccc3oc(-c4ccccc4C4=NCCN4)cc23)cc1. The molecule has 0 unspecified atom stereocenters. The molecule has 1 aliphatic rings. The molecule has 0 saturated carbocycles. The lowest BCUT2D eigenvalue weighted by molar-refractivity contribution is 0.628. The summed E-state index contributed by atoms with van der Waals surface area (Å²) in [5.74, 6) is 1.47. The number of nitrogens with one attached hydrogen (secondary N) is 1. The van der Waals surface area contributed by atoms with Gasteiger partial charge >= 0.3 is 0 Å². The van der Waals surface area contributed by atoms with Crippen molar-refractivity contribution in [3.8, 4) is 22.5 Å². The second-order valence-corrected chi connectivity index (χ2v) is 6.54. The molecular formula is C23H17FN2O. The first kappa shape index (κ1) is 15.8. The van der Waals surface area contributed by atoms with Gasteiger partial charge in [-0.1, -0.05) is 48.5 Å². The van der Waals surface area contributed by atoms with E-state index in [1.54, 1.807) is 12.1 Å². The maximum Gasteiger partial charge on any atom is 0.136 e. The van der Waals surface area contributed by atoms with E-state index in [0.717, 1.165) is 57.9 Å². The van der Waals surface area contributed by atoms with Gasteiger partial charge in [0, 0.05) is 23.1 Å². The quantitative estimate of drug-likeness (QED) is 0.544. The van der Waals surface area contributed by atoms with Gasteiger partial charge in [0.25, 0.3) is 0 Å². The number of halogens is 1. The lowest BCUT2D eigenvalue weighted by atomic mass is 10.00. The molecule has 132 valence electrons. The van der Waals surface area contributed by atoms with Gasteiger partial charge in [-0.15, -0.1) is 0 Å². The summed E-state index contributed by atoms with van der Waals surface area (Å²) in [6.45, 7) is 1.65. The van der Waals surface area contributed by atoms with Crippen LogP contribution in [0.25, 0.3) is 33.4 Å². The average Bonchev–Trinajstić information content (AvgIpc) is 3.38. The third kappa shape index (κ3) is 2.79. The molecule has 0 atom stereocenters. The fourth-order valence-electron chi connectivity index (χ4n) is 3.56. The molecule has 1 aliphatic heterocycles. The van der Waals surface area contributed by atoms with Crippen molar-refractivity contribution in [1.29, 1.82) is 0 Å². The van der Waals surface area contributed by atoms with Crippen LogP contribution in [-0.2, 0) is 0 Å². The van der Waals surface area contributed by atoms with Crippen molar-refractivity contribution in [2.24, 2.45) is 4.99 Å². The smallest absolute Gasteiger partial charge is 0.136 e. The Kier molecular flexibility index (Phi) is 3.75. The number of furan rings is 1. The number of nitrogens with zero attached hydrogens (tertiary/aromatic N) is 1. The van der Waals surface area contributed by atoms with Gasteiger partial charge in [-0.05, 0) is 35.4 Å². The van der Waals surface area contributed by atoms with Crippen LogP contribution in [0.2, 0.25) is 0 Å². The molecular weight excluding hydrogens is 339 g/mol. The molecule has 0 bridgehead atoms. The van der Waals surface area contributed by atoms with Crippen molar-refractivity contribution >= 4 is 16.8 Å². The van der Waals surface area contributed by atoms with E-state index in [-0.39, 0.29) is 5.82 Å². The molecule has 3 nitrogen and oxygen atoms in total. The highest BCUT2D eigenvalue weighted by Crippen LogP contribution is 2.36. The molecule has 0 fully saturated rings. The third-order valence-corrected chi connectivity index (χ3v) is 4.84. The van der Waals surface area contributed by atoms with Gasteiger partial charge in [0.2, 0.25) is 0 Å². The van der Waals surface area contributed by atoms with E-state index in [4.69, 9.17) is 4.42 Å². The van der Waals surface area contributed by atoms with Gasteiger partial charge in [-0.3, -0.25) is 4.99 Å². The molecule has 27 heavy (non-hydrogen) atoms. The number of amidine groups is 1. The van der Waals surface area contributed by atoms with Gasteiger partial charge < -0.3 is 9.73 Å². The number of benzene rings is 3. The van der Waals surface area contributed by atoms with E-state index in [1.807, 2.05) is 36.4 Å². The predicted molar refractivity (Wildman–Crippen MR) is 106 cm³/mol. The Morgan fingerprint density at radius 3 is 2.41 bits per heavy atom. The lowest BCUT2D eigenvalue weighted by Gasteiger charge is -2.07. The van der Waals surface area contributed by atoms with E-state index in [0.29, 0.717) is 0 Å². The summed E-state index contributed by atoms with van der Waals surface area (Å²) in [6, 6.07) is 22.7. The third-order valence-electron chi connectivity index (χ3n) is 4.84. The van der Waals surface area contributed by atoms with Gasteiger partial charge in [-0.25, -0.2) is 4.39 Å². The van der Waals surface area contributed by atoms with Crippen LogP contribution in [0.3, 0.4) is 0 Å². The topological polar surface area (TPSA) is 37.5 Å². The molecule has 0 spiro atoms. The summed E-state index contributed by atoms with van der Waals surface area (Å²) < 4.78 is 19.5. The van der Waals surface area contributed by atoms with Gasteiger partial charge in [0.1, 0.15) is 23.0 Å². The van der Waals surface area contributed by atoms with E-state index >= 15 is 0 Å². The maximum atomic E-state index is 13.3. The van der Waals surface area contributed by atoms with Crippen LogP contribution in [0, 0.1) is 5.82 Å². The first-order valence-corrected chi connectivity index (χ1v) is 8.96. The van der Waals surface area contributed by atoms with Crippen molar-refractivity contribution in [2.75, 3.05) is 13.1 Å². The van der Waals surface area contributed by atoms with Crippen LogP contribution in [0.15, 0.2) is 82.2 Å². The summed E-state index contributed by atoms with van der Waals surface area (Å²) in [6.07, 6.45) is 0. The van der Waals surface area contributed by atoms with Crippen LogP contribution < -0.4 is 5.32 Å². The fraction of sp³-hybridized carbons (Fsp3) is 0.0870. The van der Waals surface area contributed by atoms with E-state index < -0.39 is 0 Å². The standard InChI is InChI=1S/C23H17FN2O/c24-16-10-8-15(9-11-16)17-6-3-7-21-20(17)14-22(27-21)18-4-1-2-5-19(18)23-25-12-13-26-23/h1-11,14H,12-13H2,(H,25,26). The van der Waals surface area contributed by atoms with Crippen LogP contribution in [0.1, 0.15) is 5.56 Å². The Labute approximate surface area is 156 Å². The Morgan fingerprint density at radius 2 is 1.63 bits per heavy atom. The molecule has 4 aromatic rings. The second kappa shape index (κ2) is 6.40. The Morgan fingerprint density at radius 1 is 0.852 bits per heavy atom. The number of hydrogen-bond acceptors (Lipinski definition) is 3. The van der Waals surface area contributed by atoms with E-state index in [2.05, 4.69) is 22.4 Å². The largest absolute Gasteiger partial charge is 0.456 e. The maximum absolute atomic E-state index is 13.3. The minimum absolute atomic E-state index is 0.238. The molecule has 0 radical (unpaired) electrons. The minimum atomic E-state index is -0.238. The van der Waals surface area contributed by atoms with Crippen molar-refractivity contribution in [3.63, 3.8) is 0 Å². The normalized spacial score (nSPS) is 13.6. The fourth-order valence-corrected chi connectivity index (χ4v) is 3.56. The zero-order chi connectivity index (χ0) is 18.2. The highest BCUT2D eigenvalue weighted by molar-refractivity contribution is 6.06. The number of rotatable bonds is 3. The number of aliphatic imine (C=N–C) groups is 1. The summed E-state index contributed by atoms with van der Waals surface area (Å²) in [7, 11) is 0. The zero-order valence-corrected chi connectivity index (χ0v) is 14.6. The van der Waals surface area contributed by atoms with Crippen molar-refractivity contribution in [2.45, 2.75) is 0 Å². The second-order valence-electron chi connectivity index (χ2n) is 6.54. The van der Waals surface area contributed by atoms with Crippen molar-refractivity contribution in [3.05, 3.63) is 84.2 Å². The monoisotopic (exact) mass is 356 g/mol. The molecule has 1 aromatic heterocycles. The molecule has 0 aliphatic carbocycles. The van der Waals surface area contributed by atoms with Crippen LogP contribution in [-0.4, -0.2) is 18.9 Å².